The Hall–Kier alpha value is -0.910. The summed E-state index contributed by atoms with van der Waals surface area (Å²) >= 11 is 0. The molecule has 1 heterocycles. The molecule has 0 spiro atoms. The van der Waals surface area contributed by atoms with Crippen LogP contribution in [0, 0.1) is 0 Å². The van der Waals surface area contributed by atoms with Crippen molar-refractivity contribution >= 4 is 5.97 Å². The van der Waals surface area contributed by atoms with Crippen LogP contribution in [-0.4, -0.2) is 45.7 Å². The van der Waals surface area contributed by atoms with Gasteiger partial charge in [-0.1, -0.05) is 25.5 Å². The summed E-state index contributed by atoms with van der Waals surface area (Å²) in [4.78, 5) is 11.5. The molecule has 98 valence electrons. The van der Waals surface area contributed by atoms with Crippen LogP contribution < -0.4 is 0 Å². The van der Waals surface area contributed by atoms with Crippen LogP contribution in [0.5, 0.6) is 0 Å². The van der Waals surface area contributed by atoms with E-state index in [9.17, 15) is 20.1 Å². The highest BCUT2D eigenvalue weighted by Crippen LogP contribution is 2.16. The second kappa shape index (κ2) is 6.74. The van der Waals surface area contributed by atoms with Crippen molar-refractivity contribution in [3.8, 4) is 0 Å². The topological polar surface area (TPSA) is 87.0 Å². The van der Waals surface area contributed by atoms with E-state index in [2.05, 4.69) is 0 Å². The van der Waals surface area contributed by atoms with Crippen molar-refractivity contribution in [3.63, 3.8) is 0 Å². The Balaban J connectivity index is 2.80. The third-order valence-electron chi connectivity index (χ3n) is 2.78. The number of cyclic esters (lactones) is 1. The fourth-order valence-corrected chi connectivity index (χ4v) is 1.75. The summed E-state index contributed by atoms with van der Waals surface area (Å²) in [6.07, 6.45) is 0.857. The fraction of sp³-hybridized carbons (Fsp3) is 0.750. The van der Waals surface area contributed by atoms with Gasteiger partial charge in [-0.15, -0.1) is 0 Å². The van der Waals surface area contributed by atoms with Crippen molar-refractivity contribution in [2.75, 3.05) is 0 Å². The van der Waals surface area contributed by atoms with Crippen molar-refractivity contribution in [1.82, 2.24) is 0 Å². The number of esters is 1. The van der Waals surface area contributed by atoms with Gasteiger partial charge in [0.1, 0.15) is 18.3 Å². The van der Waals surface area contributed by atoms with E-state index in [4.69, 9.17) is 4.74 Å². The quantitative estimate of drug-likeness (QED) is 0.475. The molecule has 1 aliphatic rings. The molecule has 0 aromatic heterocycles. The van der Waals surface area contributed by atoms with Gasteiger partial charge in [-0.3, -0.25) is 0 Å². The van der Waals surface area contributed by atoms with E-state index in [1.165, 1.54) is 6.08 Å². The lowest BCUT2D eigenvalue weighted by atomic mass is 10.0. The first-order valence-corrected chi connectivity index (χ1v) is 5.97. The molecule has 0 radical (unpaired) electrons. The van der Waals surface area contributed by atoms with Gasteiger partial charge in [-0.25, -0.2) is 4.79 Å². The molecule has 0 bridgehead atoms. The first-order valence-electron chi connectivity index (χ1n) is 5.97. The van der Waals surface area contributed by atoms with E-state index in [1.54, 1.807) is 6.08 Å². The molecule has 0 saturated heterocycles. The average Bonchev–Trinajstić information content (AvgIpc) is 2.31. The maximum absolute atomic E-state index is 11.5. The molecule has 5 heteroatoms. The number of hydrogen-bond donors (Lipinski definition) is 3. The van der Waals surface area contributed by atoms with Crippen LogP contribution in [0.3, 0.4) is 0 Å². The molecule has 1 aliphatic heterocycles. The Bertz CT molecular complexity index is 276. The summed E-state index contributed by atoms with van der Waals surface area (Å²) in [5.74, 6) is -0.731. The predicted molar refractivity (Wildman–Crippen MR) is 61.2 cm³/mol. The molecule has 1 rings (SSSR count). The molecule has 4 atom stereocenters. The summed E-state index contributed by atoms with van der Waals surface area (Å²) in [5.41, 5.74) is 0. The van der Waals surface area contributed by atoms with E-state index in [-0.39, 0.29) is 6.42 Å². The highest BCUT2D eigenvalue weighted by Gasteiger charge is 2.30. The lowest BCUT2D eigenvalue weighted by Gasteiger charge is -2.27. The molecule has 0 amide bonds. The zero-order chi connectivity index (χ0) is 12.8. The van der Waals surface area contributed by atoms with Crippen LogP contribution in [0.25, 0.3) is 0 Å². The van der Waals surface area contributed by atoms with Crippen molar-refractivity contribution in [2.45, 2.75) is 57.0 Å². The SMILES string of the molecule is CCC[C@@H]1OC(=O)[C@H](O)CC/C=C/[C@H](O)[C@H]1O. The zero-order valence-electron chi connectivity index (χ0n) is 9.95. The number of aliphatic hydroxyl groups excluding tert-OH is 3. The van der Waals surface area contributed by atoms with Crippen LogP contribution in [0.2, 0.25) is 0 Å². The molecule has 5 nitrogen and oxygen atoms in total. The largest absolute Gasteiger partial charge is 0.458 e. The standard InChI is InChI=1S/C12H20O5/c1-2-5-10-11(15)8(13)6-3-4-7-9(14)12(16)17-10/h3,6,8-11,13-15H,2,4-5,7H2,1H3/b6-3+/t8-,9+,10-,11+/m0/s1. The lowest BCUT2D eigenvalue weighted by molar-refractivity contribution is -0.169. The van der Waals surface area contributed by atoms with Gasteiger partial charge in [0.2, 0.25) is 0 Å². The average molecular weight is 244 g/mol. The second-order valence-corrected chi connectivity index (χ2v) is 4.27. The number of rotatable bonds is 2. The third kappa shape index (κ3) is 4.11. The number of carbonyl (C=O) groups is 1. The summed E-state index contributed by atoms with van der Waals surface area (Å²) in [6.45, 7) is 1.89. The van der Waals surface area contributed by atoms with E-state index >= 15 is 0 Å². The monoisotopic (exact) mass is 244 g/mol. The minimum absolute atomic E-state index is 0.261. The Morgan fingerprint density at radius 1 is 1.41 bits per heavy atom. The highest BCUT2D eigenvalue weighted by atomic mass is 16.6. The van der Waals surface area contributed by atoms with E-state index in [0.29, 0.717) is 19.3 Å². The molecular weight excluding hydrogens is 224 g/mol. The Morgan fingerprint density at radius 3 is 2.76 bits per heavy atom. The molecule has 0 saturated carbocycles. The zero-order valence-corrected chi connectivity index (χ0v) is 9.95. The minimum atomic E-state index is -1.17. The van der Waals surface area contributed by atoms with Gasteiger partial charge in [0.15, 0.2) is 6.10 Å². The van der Waals surface area contributed by atoms with Gasteiger partial charge in [0, 0.05) is 0 Å². The molecular formula is C12H20O5. The molecule has 3 N–H and O–H groups in total. The number of hydrogen-bond acceptors (Lipinski definition) is 5. The van der Waals surface area contributed by atoms with Gasteiger partial charge in [0.05, 0.1) is 0 Å². The van der Waals surface area contributed by atoms with Crippen LogP contribution in [0.4, 0.5) is 0 Å². The lowest BCUT2D eigenvalue weighted by Crippen LogP contribution is -2.41. The fourth-order valence-electron chi connectivity index (χ4n) is 1.75. The normalized spacial score (nSPS) is 37.3. The van der Waals surface area contributed by atoms with Crippen LogP contribution in [-0.2, 0) is 9.53 Å². The highest BCUT2D eigenvalue weighted by molar-refractivity contribution is 5.74. The van der Waals surface area contributed by atoms with Gasteiger partial charge < -0.3 is 20.1 Å². The molecule has 17 heavy (non-hydrogen) atoms. The maximum Gasteiger partial charge on any atom is 0.335 e. The van der Waals surface area contributed by atoms with Gasteiger partial charge in [0.25, 0.3) is 0 Å². The van der Waals surface area contributed by atoms with E-state index in [0.717, 1.165) is 0 Å². The number of allylic oxidation sites excluding steroid dienone is 1. The third-order valence-corrected chi connectivity index (χ3v) is 2.78. The van der Waals surface area contributed by atoms with Crippen LogP contribution in [0.1, 0.15) is 32.6 Å². The van der Waals surface area contributed by atoms with Crippen LogP contribution in [0.15, 0.2) is 12.2 Å². The predicted octanol–water partition coefficient (Wildman–Crippen LogP) is 0.131. The Kier molecular flexibility index (Phi) is 5.61. The molecule has 0 aliphatic carbocycles. The Labute approximate surface area is 101 Å². The van der Waals surface area contributed by atoms with Gasteiger partial charge in [-0.2, -0.15) is 0 Å². The van der Waals surface area contributed by atoms with Crippen molar-refractivity contribution in [3.05, 3.63) is 12.2 Å². The maximum atomic E-state index is 11.5. The number of carbonyl (C=O) groups excluding carboxylic acids is 1. The van der Waals surface area contributed by atoms with E-state index in [1.807, 2.05) is 6.92 Å². The molecule has 0 aromatic carbocycles. The number of aliphatic hydroxyl groups is 3. The van der Waals surface area contributed by atoms with Crippen molar-refractivity contribution < 1.29 is 24.9 Å². The van der Waals surface area contributed by atoms with Crippen LogP contribution >= 0.6 is 0 Å². The second-order valence-electron chi connectivity index (χ2n) is 4.27. The first kappa shape index (κ1) is 14.2. The molecule has 0 fully saturated rings. The summed E-state index contributed by atoms with van der Waals surface area (Å²) in [6, 6.07) is 0. The molecule has 0 unspecified atom stereocenters. The van der Waals surface area contributed by atoms with Crippen molar-refractivity contribution in [2.24, 2.45) is 0 Å². The van der Waals surface area contributed by atoms with Crippen molar-refractivity contribution in [1.29, 1.82) is 0 Å². The summed E-state index contributed by atoms with van der Waals surface area (Å²) in [5, 5.41) is 29.0. The summed E-state index contributed by atoms with van der Waals surface area (Å²) in [7, 11) is 0. The molecule has 0 aromatic rings. The van der Waals surface area contributed by atoms with E-state index < -0.39 is 30.4 Å². The first-order chi connectivity index (χ1) is 8.06. The van der Waals surface area contributed by atoms with Gasteiger partial charge >= 0.3 is 5.97 Å². The number of ether oxygens (including phenoxy) is 1. The van der Waals surface area contributed by atoms with Gasteiger partial charge in [-0.05, 0) is 19.3 Å². The Morgan fingerprint density at radius 2 is 2.12 bits per heavy atom. The summed E-state index contributed by atoms with van der Waals surface area (Å²) < 4.78 is 5.03. The smallest absolute Gasteiger partial charge is 0.335 e. The minimum Gasteiger partial charge on any atom is -0.458 e.